The van der Waals surface area contributed by atoms with E-state index in [-0.39, 0.29) is 5.70 Å². The number of hydrogen-bond donors (Lipinski definition) is 1. The largest absolute Gasteiger partial charge is 0.468 e. The zero-order valence-electron chi connectivity index (χ0n) is 9.81. The average Bonchev–Trinajstić information content (AvgIpc) is 2.88. The Kier molecular flexibility index (Phi) is 4.01. The normalized spacial score (nSPS) is 16.9. The van der Waals surface area contributed by atoms with Crippen LogP contribution in [0.4, 0.5) is 4.79 Å². The number of methoxy groups -OCH3 is 1. The molecule has 19 heavy (non-hydrogen) atoms. The second kappa shape index (κ2) is 5.54. The van der Waals surface area contributed by atoms with Crippen LogP contribution in [-0.2, 0) is 14.3 Å². The molecule has 6 nitrogen and oxygen atoms in total. The number of nitrogens with zero attached hydrogens (tertiary/aromatic N) is 1. The third kappa shape index (κ3) is 3.02. The summed E-state index contributed by atoms with van der Waals surface area (Å²) in [6, 6.07) is 3.02. The number of urea groups is 1. The minimum atomic E-state index is -0.649. The van der Waals surface area contributed by atoms with Gasteiger partial charge in [0.15, 0.2) is 0 Å². The summed E-state index contributed by atoms with van der Waals surface area (Å²) in [5, 5.41) is 2.42. The van der Waals surface area contributed by atoms with E-state index in [4.69, 9.17) is 0 Å². The average molecular weight is 345 g/mol. The molecule has 0 spiro atoms. The van der Waals surface area contributed by atoms with Gasteiger partial charge < -0.3 is 10.1 Å². The van der Waals surface area contributed by atoms with Gasteiger partial charge in [0.2, 0.25) is 0 Å². The van der Waals surface area contributed by atoms with Gasteiger partial charge in [-0.15, -0.1) is 11.3 Å². The zero-order chi connectivity index (χ0) is 14.0. The van der Waals surface area contributed by atoms with Crippen LogP contribution in [0, 0.1) is 0 Å². The molecule has 0 atom stereocenters. The fourth-order valence-corrected chi connectivity index (χ4v) is 2.82. The summed E-state index contributed by atoms with van der Waals surface area (Å²) >= 11 is 4.73. The molecule has 100 valence electrons. The van der Waals surface area contributed by atoms with Crippen molar-refractivity contribution < 1.29 is 19.1 Å². The molecule has 2 heterocycles. The van der Waals surface area contributed by atoms with Crippen LogP contribution in [0.1, 0.15) is 4.88 Å². The summed E-state index contributed by atoms with van der Waals surface area (Å²) < 4.78 is 5.35. The lowest BCUT2D eigenvalue weighted by atomic mass is 10.3. The fraction of sp³-hybridized carbons (Fsp3) is 0.182. The van der Waals surface area contributed by atoms with Crippen molar-refractivity contribution in [1.82, 2.24) is 10.2 Å². The van der Waals surface area contributed by atoms with Crippen LogP contribution in [0.25, 0.3) is 6.08 Å². The highest BCUT2D eigenvalue weighted by Crippen LogP contribution is 2.25. The van der Waals surface area contributed by atoms with Crippen molar-refractivity contribution in [2.45, 2.75) is 0 Å². The van der Waals surface area contributed by atoms with Gasteiger partial charge in [0.05, 0.1) is 10.9 Å². The quantitative estimate of drug-likeness (QED) is 0.513. The van der Waals surface area contributed by atoms with E-state index in [1.165, 1.54) is 18.4 Å². The van der Waals surface area contributed by atoms with Crippen molar-refractivity contribution in [3.8, 4) is 0 Å². The van der Waals surface area contributed by atoms with Crippen molar-refractivity contribution in [2.24, 2.45) is 0 Å². The Morgan fingerprint density at radius 2 is 2.26 bits per heavy atom. The zero-order valence-corrected chi connectivity index (χ0v) is 12.2. The monoisotopic (exact) mass is 344 g/mol. The Balaban J connectivity index is 2.18. The highest BCUT2D eigenvalue weighted by Gasteiger charge is 2.35. The number of amides is 3. The van der Waals surface area contributed by atoms with Gasteiger partial charge in [-0.05, 0) is 34.1 Å². The SMILES string of the molecule is COC(=O)CN1C(=O)N/C(=C/c2ccc(Br)s2)C1=O. The van der Waals surface area contributed by atoms with Gasteiger partial charge in [-0.1, -0.05) is 0 Å². The topological polar surface area (TPSA) is 75.7 Å². The number of halogens is 1. The van der Waals surface area contributed by atoms with E-state index in [1.807, 2.05) is 12.1 Å². The summed E-state index contributed by atoms with van der Waals surface area (Å²) in [5.41, 5.74) is 0.142. The second-order valence-corrected chi connectivity index (χ2v) is 6.09. The number of nitrogens with one attached hydrogen (secondary N) is 1. The maximum Gasteiger partial charge on any atom is 0.329 e. The minimum Gasteiger partial charge on any atom is -0.468 e. The molecule has 0 bridgehead atoms. The van der Waals surface area contributed by atoms with E-state index in [0.29, 0.717) is 0 Å². The standard InChI is InChI=1S/C11H9BrN2O4S/c1-18-9(15)5-14-10(16)7(13-11(14)17)4-6-2-3-8(12)19-6/h2-4H,5H2,1H3,(H,13,17)/b7-4+. The van der Waals surface area contributed by atoms with E-state index in [1.54, 1.807) is 6.08 Å². The first-order chi connectivity index (χ1) is 9.01. The molecule has 1 aliphatic rings. The number of hydrogen-bond acceptors (Lipinski definition) is 5. The van der Waals surface area contributed by atoms with E-state index < -0.39 is 24.5 Å². The Labute approximate surface area is 121 Å². The molecule has 1 aliphatic heterocycles. The van der Waals surface area contributed by atoms with Crippen LogP contribution in [-0.4, -0.2) is 36.5 Å². The molecule has 1 N–H and O–H groups in total. The predicted octanol–water partition coefficient (Wildman–Crippen LogP) is 1.58. The van der Waals surface area contributed by atoms with Crippen molar-refractivity contribution >= 4 is 51.3 Å². The molecule has 1 saturated heterocycles. The van der Waals surface area contributed by atoms with Crippen molar-refractivity contribution in [3.05, 3.63) is 26.5 Å². The van der Waals surface area contributed by atoms with E-state index in [9.17, 15) is 14.4 Å². The van der Waals surface area contributed by atoms with E-state index in [2.05, 4.69) is 26.0 Å². The van der Waals surface area contributed by atoms with Gasteiger partial charge in [0.25, 0.3) is 5.91 Å². The molecule has 1 aromatic rings. The maximum absolute atomic E-state index is 11.9. The Morgan fingerprint density at radius 1 is 1.53 bits per heavy atom. The summed E-state index contributed by atoms with van der Waals surface area (Å²) in [7, 11) is 1.20. The molecule has 8 heteroatoms. The van der Waals surface area contributed by atoms with Crippen LogP contribution >= 0.6 is 27.3 Å². The third-order valence-corrected chi connectivity index (χ3v) is 3.93. The first kappa shape index (κ1) is 13.8. The Bertz CT molecular complexity index is 581. The van der Waals surface area contributed by atoms with Crippen LogP contribution < -0.4 is 5.32 Å². The van der Waals surface area contributed by atoms with Gasteiger partial charge in [-0.3, -0.25) is 9.59 Å². The first-order valence-electron chi connectivity index (χ1n) is 5.18. The molecule has 0 aliphatic carbocycles. The van der Waals surface area contributed by atoms with Crippen LogP contribution in [0.15, 0.2) is 21.6 Å². The van der Waals surface area contributed by atoms with Gasteiger partial charge in [0, 0.05) is 4.88 Å². The number of esters is 1. The Hall–Kier alpha value is -1.67. The molecule has 3 amide bonds. The van der Waals surface area contributed by atoms with E-state index in [0.717, 1.165) is 13.6 Å². The molecular formula is C11H9BrN2O4S. The minimum absolute atomic E-state index is 0.142. The van der Waals surface area contributed by atoms with Crippen molar-refractivity contribution in [1.29, 1.82) is 0 Å². The number of carbonyl (C=O) groups is 3. The van der Waals surface area contributed by atoms with Crippen molar-refractivity contribution in [3.63, 3.8) is 0 Å². The summed E-state index contributed by atoms with van der Waals surface area (Å²) in [5.74, 6) is -1.19. The predicted molar refractivity (Wildman–Crippen MR) is 72.3 cm³/mol. The van der Waals surface area contributed by atoms with Crippen molar-refractivity contribution in [2.75, 3.05) is 13.7 Å². The second-order valence-electron chi connectivity index (χ2n) is 3.60. The molecule has 0 aromatic carbocycles. The molecular weight excluding hydrogens is 336 g/mol. The van der Waals surface area contributed by atoms with Gasteiger partial charge in [-0.25, -0.2) is 9.69 Å². The van der Waals surface area contributed by atoms with Gasteiger partial charge >= 0.3 is 12.0 Å². The summed E-state index contributed by atoms with van der Waals surface area (Å²) in [6.45, 7) is -0.396. The first-order valence-corrected chi connectivity index (χ1v) is 6.79. The molecule has 1 aromatic heterocycles. The van der Waals surface area contributed by atoms with Crippen LogP contribution in [0.2, 0.25) is 0 Å². The molecule has 0 saturated carbocycles. The molecule has 1 fully saturated rings. The van der Waals surface area contributed by atoms with Crippen LogP contribution in [0.5, 0.6) is 0 Å². The van der Waals surface area contributed by atoms with Gasteiger partial charge in [0.1, 0.15) is 12.2 Å². The fourth-order valence-electron chi connectivity index (χ4n) is 1.46. The molecule has 2 rings (SSSR count). The summed E-state index contributed by atoms with van der Waals surface area (Å²) in [6.07, 6.45) is 1.56. The number of ether oxygens (including phenoxy) is 1. The summed E-state index contributed by atoms with van der Waals surface area (Å²) in [4.78, 5) is 36.2. The number of thiophene rings is 1. The smallest absolute Gasteiger partial charge is 0.329 e. The van der Waals surface area contributed by atoms with Crippen LogP contribution in [0.3, 0.4) is 0 Å². The lowest BCUT2D eigenvalue weighted by Crippen LogP contribution is -2.36. The molecule has 0 radical (unpaired) electrons. The highest BCUT2D eigenvalue weighted by atomic mass is 79.9. The number of carbonyl (C=O) groups excluding carboxylic acids is 3. The number of rotatable bonds is 3. The number of imide groups is 1. The highest BCUT2D eigenvalue weighted by molar-refractivity contribution is 9.11. The lowest BCUT2D eigenvalue weighted by molar-refractivity contribution is -0.143. The molecule has 0 unspecified atom stereocenters. The lowest BCUT2D eigenvalue weighted by Gasteiger charge is -2.08. The third-order valence-electron chi connectivity index (χ3n) is 2.36. The Morgan fingerprint density at radius 3 is 2.84 bits per heavy atom. The maximum atomic E-state index is 11.9. The van der Waals surface area contributed by atoms with E-state index >= 15 is 0 Å². The van der Waals surface area contributed by atoms with Gasteiger partial charge in [-0.2, -0.15) is 0 Å².